The van der Waals surface area contributed by atoms with Crippen molar-refractivity contribution >= 4 is 28.8 Å². The van der Waals surface area contributed by atoms with Gasteiger partial charge < -0.3 is 9.64 Å². The van der Waals surface area contributed by atoms with E-state index in [9.17, 15) is 9.59 Å². The fourth-order valence-corrected chi connectivity index (χ4v) is 5.18. The molecule has 2 aromatic heterocycles. The maximum absolute atomic E-state index is 13.1. The molecule has 0 fully saturated rings. The minimum absolute atomic E-state index is 0.269. The SMILES string of the molecule is CN1C(=CC(=O)COC(=O)c2cc(-c3cccs3)nn2-c2ccccc2)C(C)(C)c2ccccc21. The van der Waals surface area contributed by atoms with Gasteiger partial charge in [-0.25, -0.2) is 9.48 Å². The van der Waals surface area contributed by atoms with E-state index in [0.717, 1.165) is 27.5 Å². The molecule has 5 rings (SSSR count). The van der Waals surface area contributed by atoms with Crippen molar-refractivity contribution < 1.29 is 14.3 Å². The van der Waals surface area contributed by atoms with E-state index >= 15 is 0 Å². The van der Waals surface area contributed by atoms with Gasteiger partial charge in [-0.2, -0.15) is 5.10 Å². The van der Waals surface area contributed by atoms with Crippen LogP contribution in [0, 0.1) is 0 Å². The highest BCUT2D eigenvalue weighted by Gasteiger charge is 2.38. The molecular weight excluding hydrogens is 458 g/mol. The summed E-state index contributed by atoms with van der Waals surface area (Å²) in [5.41, 5.74) is 4.46. The number of nitrogens with zero attached hydrogens (tertiary/aromatic N) is 3. The molecule has 6 nitrogen and oxygen atoms in total. The standard InChI is InChI=1S/C28H25N3O3S/c1-28(2)21-12-7-8-13-23(21)30(3)26(28)16-20(32)18-34-27(33)24-17-22(25-14-9-15-35-25)29-31(24)19-10-5-4-6-11-19/h4-17H,18H2,1-3H3. The number of hydrogen-bond acceptors (Lipinski definition) is 6. The number of esters is 1. The summed E-state index contributed by atoms with van der Waals surface area (Å²) in [4.78, 5) is 28.9. The molecule has 1 aliphatic heterocycles. The third kappa shape index (κ3) is 4.19. The molecule has 0 amide bonds. The molecule has 7 heteroatoms. The van der Waals surface area contributed by atoms with E-state index in [0.29, 0.717) is 5.69 Å². The van der Waals surface area contributed by atoms with E-state index in [1.165, 1.54) is 0 Å². The molecule has 4 aromatic rings. The summed E-state index contributed by atoms with van der Waals surface area (Å²) in [7, 11) is 1.95. The third-order valence-corrected chi connectivity index (χ3v) is 7.17. The number of fused-ring (bicyclic) bond motifs is 1. The number of anilines is 1. The van der Waals surface area contributed by atoms with E-state index < -0.39 is 5.97 Å². The van der Waals surface area contributed by atoms with Crippen LogP contribution in [-0.4, -0.2) is 35.2 Å². The Morgan fingerprint density at radius 1 is 1.03 bits per heavy atom. The molecule has 0 aliphatic carbocycles. The van der Waals surface area contributed by atoms with Gasteiger partial charge in [0, 0.05) is 36.0 Å². The van der Waals surface area contributed by atoms with Crippen molar-refractivity contribution in [3.8, 4) is 16.3 Å². The lowest BCUT2D eigenvalue weighted by atomic mass is 9.83. The zero-order valence-corrected chi connectivity index (χ0v) is 20.6. The Balaban J connectivity index is 1.37. The lowest BCUT2D eigenvalue weighted by Crippen LogP contribution is -2.25. The minimum Gasteiger partial charge on any atom is -0.453 e. The maximum Gasteiger partial charge on any atom is 0.357 e. The summed E-state index contributed by atoms with van der Waals surface area (Å²) in [6.07, 6.45) is 1.58. The van der Waals surface area contributed by atoms with E-state index in [1.54, 1.807) is 28.2 Å². The monoisotopic (exact) mass is 483 g/mol. The summed E-state index contributed by atoms with van der Waals surface area (Å²) in [6, 6.07) is 23.1. The summed E-state index contributed by atoms with van der Waals surface area (Å²) in [5.74, 6) is -0.872. The number of benzene rings is 2. The first-order valence-electron chi connectivity index (χ1n) is 11.3. The second kappa shape index (κ2) is 9.00. The van der Waals surface area contributed by atoms with Gasteiger partial charge >= 0.3 is 5.97 Å². The van der Waals surface area contributed by atoms with Crippen molar-refractivity contribution in [1.82, 2.24) is 9.78 Å². The lowest BCUT2D eigenvalue weighted by Gasteiger charge is -2.23. The first-order chi connectivity index (χ1) is 16.9. The van der Waals surface area contributed by atoms with Crippen molar-refractivity contribution in [3.05, 3.63) is 101 Å². The summed E-state index contributed by atoms with van der Waals surface area (Å²) in [6.45, 7) is 3.83. The molecule has 3 heterocycles. The number of ether oxygens (including phenoxy) is 1. The number of ketones is 1. The highest BCUT2D eigenvalue weighted by Crippen LogP contribution is 2.46. The molecule has 0 radical (unpaired) electrons. The lowest BCUT2D eigenvalue weighted by molar-refractivity contribution is -0.117. The number of carbonyl (C=O) groups excluding carboxylic acids is 2. The molecule has 0 spiro atoms. The van der Waals surface area contributed by atoms with Crippen molar-refractivity contribution in [2.75, 3.05) is 18.6 Å². The van der Waals surface area contributed by atoms with Gasteiger partial charge in [0.25, 0.3) is 0 Å². The van der Waals surface area contributed by atoms with Gasteiger partial charge in [0.2, 0.25) is 0 Å². The number of hydrogen-bond donors (Lipinski definition) is 0. The normalized spacial score (nSPS) is 15.3. The second-order valence-corrected chi connectivity index (χ2v) is 9.86. The topological polar surface area (TPSA) is 64.4 Å². The number of likely N-dealkylation sites (N-methyl/N-ethyl adjacent to an activating group) is 1. The molecule has 35 heavy (non-hydrogen) atoms. The quantitative estimate of drug-likeness (QED) is 0.262. The Hall–Kier alpha value is -3.97. The second-order valence-electron chi connectivity index (χ2n) is 8.91. The zero-order chi connectivity index (χ0) is 24.6. The summed E-state index contributed by atoms with van der Waals surface area (Å²) < 4.78 is 7.02. The molecule has 0 saturated heterocycles. The van der Waals surface area contributed by atoms with E-state index in [4.69, 9.17) is 4.74 Å². The van der Waals surface area contributed by atoms with Crippen LogP contribution in [0.5, 0.6) is 0 Å². The predicted octanol–water partition coefficient (Wildman–Crippen LogP) is 5.64. The molecule has 1 aliphatic rings. The molecule has 0 saturated carbocycles. The average molecular weight is 484 g/mol. The summed E-state index contributed by atoms with van der Waals surface area (Å²) in [5, 5.41) is 6.59. The Morgan fingerprint density at radius 3 is 2.49 bits per heavy atom. The Bertz CT molecular complexity index is 1420. The largest absolute Gasteiger partial charge is 0.453 e. The highest BCUT2D eigenvalue weighted by molar-refractivity contribution is 7.13. The van der Waals surface area contributed by atoms with Gasteiger partial charge in [0.15, 0.2) is 18.1 Å². The van der Waals surface area contributed by atoms with Gasteiger partial charge in [-0.3, -0.25) is 4.79 Å². The molecule has 0 bridgehead atoms. The average Bonchev–Trinajstić information content (AvgIpc) is 3.59. The first-order valence-corrected chi connectivity index (χ1v) is 12.2. The number of thiophene rings is 1. The molecule has 0 N–H and O–H groups in total. The number of allylic oxidation sites excluding steroid dienone is 1. The van der Waals surface area contributed by atoms with Gasteiger partial charge in [0.1, 0.15) is 5.69 Å². The van der Waals surface area contributed by atoms with Crippen LogP contribution in [0.1, 0.15) is 29.9 Å². The van der Waals surface area contributed by atoms with E-state index in [-0.39, 0.29) is 23.5 Å². The van der Waals surface area contributed by atoms with Gasteiger partial charge in [-0.1, -0.05) is 56.3 Å². The van der Waals surface area contributed by atoms with Crippen LogP contribution in [0.15, 0.2) is 89.9 Å². The Labute approximate surface area is 208 Å². The van der Waals surface area contributed by atoms with Crippen LogP contribution in [-0.2, 0) is 14.9 Å². The van der Waals surface area contributed by atoms with Crippen molar-refractivity contribution in [3.63, 3.8) is 0 Å². The van der Waals surface area contributed by atoms with Crippen LogP contribution in [0.25, 0.3) is 16.3 Å². The molecule has 0 unspecified atom stereocenters. The highest BCUT2D eigenvalue weighted by atomic mass is 32.1. The van der Waals surface area contributed by atoms with Gasteiger partial charge in [-0.15, -0.1) is 11.3 Å². The smallest absolute Gasteiger partial charge is 0.357 e. The van der Waals surface area contributed by atoms with Crippen LogP contribution in [0.4, 0.5) is 5.69 Å². The molecule has 0 atom stereocenters. The molecule has 176 valence electrons. The fourth-order valence-electron chi connectivity index (χ4n) is 4.50. The number of aromatic nitrogens is 2. The third-order valence-electron chi connectivity index (χ3n) is 6.28. The number of carbonyl (C=O) groups is 2. The van der Waals surface area contributed by atoms with Gasteiger partial charge in [-0.05, 0) is 35.2 Å². The van der Waals surface area contributed by atoms with Crippen LogP contribution >= 0.6 is 11.3 Å². The van der Waals surface area contributed by atoms with Crippen LogP contribution < -0.4 is 4.90 Å². The summed E-state index contributed by atoms with van der Waals surface area (Å²) >= 11 is 1.54. The maximum atomic E-state index is 13.1. The van der Waals surface area contributed by atoms with E-state index in [1.807, 2.05) is 78.0 Å². The Kier molecular flexibility index (Phi) is 5.86. The minimum atomic E-state index is -0.599. The van der Waals surface area contributed by atoms with E-state index in [2.05, 4.69) is 25.0 Å². The van der Waals surface area contributed by atoms with Crippen molar-refractivity contribution in [2.24, 2.45) is 0 Å². The van der Waals surface area contributed by atoms with Crippen molar-refractivity contribution in [1.29, 1.82) is 0 Å². The van der Waals surface area contributed by atoms with Crippen LogP contribution in [0.2, 0.25) is 0 Å². The van der Waals surface area contributed by atoms with Crippen molar-refractivity contribution in [2.45, 2.75) is 19.3 Å². The molecular formula is C28H25N3O3S. The van der Waals surface area contributed by atoms with Crippen LogP contribution in [0.3, 0.4) is 0 Å². The fraction of sp³-hybridized carbons (Fsp3) is 0.179. The zero-order valence-electron chi connectivity index (χ0n) is 19.8. The molecule has 2 aromatic carbocycles. The predicted molar refractivity (Wildman–Crippen MR) is 138 cm³/mol. The number of para-hydroxylation sites is 2. The Morgan fingerprint density at radius 2 is 1.77 bits per heavy atom. The number of rotatable bonds is 6. The first kappa shape index (κ1) is 22.8. The van der Waals surface area contributed by atoms with Gasteiger partial charge in [0.05, 0.1) is 10.6 Å².